The fraction of sp³-hybridized carbons (Fsp3) is 0.379. The third kappa shape index (κ3) is 5.24. The second-order valence-corrected chi connectivity index (χ2v) is 11.4. The van der Waals surface area contributed by atoms with Gasteiger partial charge >= 0.3 is 0 Å². The van der Waals surface area contributed by atoms with Crippen molar-refractivity contribution >= 4 is 39.5 Å². The van der Waals surface area contributed by atoms with Crippen LogP contribution in [0.5, 0.6) is 0 Å². The number of anilines is 3. The molecule has 6 rings (SSSR count). The number of fused-ring (bicyclic) bond motifs is 1. The van der Waals surface area contributed by atoms with Crippen molar-refractivity contribution in [1.82, 2.24) is 24.2 Å². The number of amides is 1. The predicted molar refractivity (Wildman–Crippen MR) is 156 cm³/mol. The Morgan fingerprint density at radius 1 is 1.15 bits per heavy atom. The van der Waals surface area contributed by atoms with Gasteiger partial charge in [-0.1, -0.05) is 18.3 Å². The highest BCUT2D eigenvalue weighted by atomic mass is 32.1. The number of imidazole rings is 1. The van der Waals surface area contributed by atoms with Crippen molar-refractivity contribution in [2.24, 2.45) is 0 Å². The van der Waals surface area contributed by atoms with E-state index in [-0.39, 0.29) is 17.8 Å². The highest BCUT2D eigenvalue weighted by molar-refractivity contribution is 7.16. The molecule has 5 heterocycles. The van der Waals surface area contributed by atoms with Gasteiger partial charge in [0.1, 0.15) is 33.9 Å². The highest BCUT2D eigenvalue weighted by Gasteiger charge is 2.30. The van der Waals surface area contributed by atoms with Crippen molar-refractivity contribution < 1.29 is 14.3 Å². The number of piperazine rings is 1. The van der Waals surface area contributed by atoms with Gasteiger partial charge in [-0.3, -0.25) is 14.1 Å². The number of nitrogens with zero attached hydrogens (tertiary/aromatic N) is 8. The number of thiazole rings is 1. The average molecular weight is 575 g/mol. The summed E-state index contributed by atoms with van der Waals surface area (Å²) in [6.45, 7) is 6.46. The summed E-state index contributed by atoms with van der Waals surface area (Å²) in [5, 5.41) is 19.9. The fourth-order valence-electron chi connectivity index (χ4n) is 5.39. The lowest BCUT2D eigenvalue weighted by molar-refractivity contribution is -0.142. The minimum Gasteiger partial charge on any atom is -0.389 e. The van der Waals surface area contributed by atoms with E-state index in [1.807, 2.05) is 18.0 Å². The zero-order chi connectivity index (χ0) is 28.7. The van der Waals surface area contributed by atoms with Crippen molar-refractivity contribution in [3.05, 3.63) is 59.0 Å². The predicted octanol–water partition coefficient (Wildman–Crippen LogP) is 3.12. The first-order valence-electron chi connectivity index (χ1n) is 13.7. The van der Waals surface area contributed by atoms with Crippen LogP contribution in [0.25, 0.3) is 16.9 Å². The summed E-state index contributed by atoms with van der Waals surface area (Å²) >= 11 is 1.30. The zero-order valence-electron chi connectivity index (χ0n) is 23.0. The van der Waals surface area contributed by atoms with E-state index in [0.717, 1.165) is 55.4 Å². The number of aromatic nitrogens is 3. The van der Waals surface area contributed by atoms with Gasteiger partial charge in [-0.15, -0.1) is 0 Å². The molecule has 0 spiro atoms. The number of aliphatic hydroxyl groups is 1. The summed E-state index contributed by atoms with van der Waals surface area (Å²) in [5.41, 5.74) is 4.03. The van der Waals surface area contributed by atoms with Crippen molar-refractivity contribution in [3.8, 4) is 17.3 Å². The summed E-state index contributed by atoms with van der Waals surface area (Å²) in [4.78, 5) is 30.7. The average Bonchev–Trinajstić information content (AvgIpc) is 3.57. The van der Waals surface area contributed by atoms with Crippen LogP contribution in [0.2, 0.25) is 0 Å². The number of aliphatic hydroxyl groups excluding tert-OH is 1. The first-order valence-corrected chi connectivity index (χ1v) is 14.5. The lowest BCUT2D eigenvalue weighted by atomic mass is 10.1. The number of carbonyl (C=O) groups excluding carboxylic acids is 1. The number of rotatable bonds is 7. The molecule has 1 amide bonds. The SMILES string of the molecule is CCc1nc2ccc(N3CCN(CC(=O)N4CC(O)C4)CC3)cn2c1N(C)c1nc(-c2ccc(F)cc2)c(C#N)s1. The Kier molecular flexibility index (Phi) is 7.33. The van der Waals surface area contributed by atoms with Gasteiger partial charge in [0, 0.05) is 58.1 Å². The summed E-state index contributed by atoms with van der Waals surface area (Å²) in [7, 11) is 1.93. The van der Waals surface area contributed by atoms with E-state index in [1.165, 1.54) is 23.5 Å². The highest BCUT2D eigenvalue weighted by Crippen LogP contribution is 2.37. The number of carbonyl (C=O) groups is 1. The Hall–Kier alpha value is -4.05. The van der Waals surface area contributed by atoms with E-state index in [2.05, 4.69) is 39.5 Å². The van der Waals surface area contributed by atoms with Crippen LogP contribution in [0.15, 0.2) is 42.6 Å². The summed E-state index contributed by atoms with van der Waals surface area (Å²) < 4.78 is 15.6. The number of β-amino-alcohol motifs (C(OH)–C–C–N with tert-alkyl or cyclic N) is 1. The molecule has 1 aromatic carbocycles. The van der Waals surface area contributed by atoms with Gasteiger partial charge in [0.25, 0.3) is 0 Å². The molecule has 2 aliphatic rings. The van der Waals surface area contributed by atoms with Crippen LogP contribution in [0.4, 0.5) is 21.0 Å². The number of likely N-dealkylation sites (tertiary alicyclic amines) is 1. The van der Waals surface area contributed by atoms with Gasteiger partial charge in [0.05, 0.1) is 24.0 Å². The van der Waals surface area contributed by atoms with Gasteiger partial charge in [0.2, 0.25) is 5.91 Å². The molecule has 212 valence electrons. The molecule has 1 N–H and O–H groups in total. The van der Waals surface area contributed by atoms with Gasteiger partial charge in [0.15, 0.2) is 5.13 Å². The Balaban J connectivity index is 1.24. The van der Waals surface area contributed by atoms with E-state index in [1.54, 1.807) is 17.0 Å². The molecule has 10 nitrogen and oxygen atoms in total. The van der Waals surface area contributed by atoms with Crippen LogP contribution >= 0.6 is 11.3 Å². The number of hydrogen-bond acceptors (Lipinski definition) is 9. The molecular weight excluding hydrogens is 543 g/mol. The quantitative estimate of drug-likeness (QED) is 0.359. The topological polar surface area (TPSA) is 104 Å². The van der Waals surface area contributed by atoms with Crippen molar-refractivity contribution in [2.75, 3.05) is 62.7 Å². The fourth-order valence-corrected chi connectivity index (χ4v) is 6.23. The Morgan fingerprint density at radius 2 is 1.88 bits per heavy atom. The van der Waals surface area contributed by atoms with E-state index in [9.17, 15) is 19.6 Å². The zero-order valence-corrected chi connectivity index (χ0v) is 23.8. The smallest absolute Gasteiger partial charge is 0.236 e. The number of benzene rings is 1. The van der Waals surface area contributed by atoms with Crippen molar-refractivity contribution in [1.29, 1.82) is 5.26 Å². The molecule has 0 atom stereocenters. The molecule has 2 fully saturated rings. The number of aryl methyl sites for hydroxylation is 1. The summed E-state index contributed by atoms with van der Waals surface area (Å²) in [5.74, 6) is 0.623. The molecule has 3 aromatic heterocycles. The normalized spacial score (nSPS) is 16.2. The Labute approximate surface area is 241 Å². The van der Waals surface area contributed by atoms with Crippen LogP contribution in [-0.2, 0) is 11.2 Å². The molecule has 4 aromatic rings. The van der Waals surface area contributed by atoms with E-state index >= 15 is 0 Å². The first kappa shape index (κ1) is 27.1. The number of halogens is 1. The van der Waals surface area contributed by atoms with Crippen LogP contribution in [-0.4, -0.2) is 94.1 Å². The standard InChI is InChI=1S/C29H31FN8O2S/c1-3-23-28(34(2)29-33-27(24(14-31)41-29)19-4-6-20(30)7-5-19)38-15-21(8-9-25(38)32-23)36-12-10-35(11-13-36)18-26(40)37-16-22(39)17-37/h4-9,15,22,39H,3,10-13,16-18H2,1-2H3. The maximum absolute atomic E-state index is 13.5. The number of hydrogen-bond donors (Lipinski definition) is 1. The summed E-state index contributed by atoms with van der Waals surface area (Å²) in [6.07, 6.45) is 2.43. The van der Waals surface area contributed by atoms with Crippen LogP contribution in [0, 0.1) is 17.1 Å². The molecule has 41 heavy (non-hydrogen) atoms. The lowest BCUT2D eigenvalue weighted by Crippen LogP contribution is -2.57. The maximum Gasteiger partial charge on any atom is 0.236 e. The first-order chi connectivity index (χ1) is 19.8. The number of pyridine rings is 1. The molecule has 0 radical (unpaired) electrons. The third-order valence-corrected chi connectivity index (χ3v) is 8.77. The van der Waals surface area contributed by atoms with Gasteiger partial charge in [-0.25, -0.2) is 14.4 Å². The lowest BCUT2D eigenvalue weighted by Gasteiger charge is -2.39. The van der Waals surface area contributed by atoms with Crippen LogP contribution in [0.1, 0.15) is 17.5 Å². The largest absolute Gasteiger partial charge is 0.389 e. The van der Waals surface area contributed by atoms with E-state index in [4.69, 9.17) is 9.97 Å². The number of nitriles is 1. The second kappa shape index (κ2) is 11.1. The molecular formula is C29H31FN8O2S. The van der Waals surface area contributed by atoms with Gasteiger partial charge in [-0.2, -0.15) is 5.26 Å². The Bertz CT molecular complexity index is 1610. The minimum absolute atomic E-state index is 0.0766. The molecule has 0 aliphatic carbocycles. The van der Waals surface area contributed by atoms with Crippen LogP contribution < -0.4 is 9.80 Å². The third-order valence-electron chi connectivity index (χ3n) is 7.73. The summed E-state index contributed by atoms with van der Waals surface area (Å²) in [6, 6.07) is 12.4. The van der Waals surface area contributed by atoms with E-state index in [0.29, 0.717) is 40.9 Å². The molecule has 0 unspecified atom stereocenters. The molecule has 0 bridgehead atoms. The van der Waals surface area contributed by atoms with Crippen LogP contribution in [0.3, 0.4) is 0 Å². The Morgan fingerprint density at radius 3 is 2.54 bits per heavy atom. The molecule has 2 aliphatic heterocycles. The van der Waals surface area contributed by atoms with Gasteiger partial charge in [-0.05, 0) is 42.8 Å². The maximum atomic E-state index is 13.5. The molecule has 2 saturated heterocycles. The molecule has 0 saturated carbocycles. The molecule has 12 heteroatoms. The van der Waals surface area contributed by atoms with Gasteiger partial charge < -0.3 is 19.8 Å². The van der Waals surface area contributed by atoms with Crippen molar-refractivity contribution in [2.45, 2.75) is 19.4 Å². The minimum atomic E-state index is -0.383. The van der Waals surface area contributed by atoms with E-state index < -0.39 is 0 Å². The van der Waals surface area contributed by atoms with Crippen molar-refractivity contribution in [3.63, 3.8) is 0 Å². The second-order valence-electron chi connectivity index (χ2n) is 10.4. The monoisotopic (exact) mass is 574 g/mol.